The van der Waals surface area contributed by atoms with Crippen molar-refractivity contribution in [3.8, 4) is 11.1 Å². The van der Waals surface area contributed by atoms with Gasteiger partial charge >= 0.3 is 6.03 Å². The molecule has 0 saturated carbocycles. The van der Waals surface area contributed by atoms with Crippen LogP contribution in [0.15, 0.2) is 48.8 Å². The lowest BCUT2D eigenvalue weighted by Crippen LogP contribution is -2.28. The molecule has 3 N–H and O–H groups in total. The monoisotopic (exact) mass is 534 g/mol. The Bertz CT molecular complexity index is 1540. The maximum absolute atomic E-state index is 15.0. The Hall–Kier alpha value is -3.82. The average Bonchev–Trinajstić information content (AvgIpc) is 3.32. The summed E-state index contributed by atoms with van der Waals surface area (Å²) in [5, 5.41) is 17.5. The number of urea groups is 1. The molecule has 38 heavy (non-hydrogen) atoms. The second-order valence-electron chi connectivity index (χ2n) is 9.93. The molecule has 4 aromatic rings. The van der Waals surface area contributed by atoms with Gasteiger partial charge in [0.2, 0.25) is 0 Å². The van der Waals surface area contributed by atoms with Crippen molar-refractivity contribution < 1.29 is 14.3 Å². The molecule has 2 aromatic carbocycles. The first-order chi connectivity index (χ1) is 18.0. The van der Waals surface area contributed by atoms with Gasteiger partial charge in [0.15, 0.2) is 5.82 Å². The first-order valence-corrected chi connectivity index (χ1v) is 12.7. The molecule has 0 aliphatic carbocycles. The summed E-state index contributed by atoms with van der Waals surface area (Å²) in [4.78, 5) is 27.0. The summed E-state index contributed by atoms with van der Waals surface area (Å²) >= 11 is 6.73. The van der Waals surface area contributed by atoms with Crippen molar-refractivity contribution in [1.29, 1.82) is 0 Å². The Morgan fingerprint density at radius 2 is 1.89 bits per heavy atom. The van der Waals surface area contributed by atoms with Crippen molar-refractivity contribution in [2.24, 2.45) is 0 Å². The fourth-order valence-electron chi connectivity index (χ4n) is 4.52. The number of carbonyl (C=O) groups is 1. The standard InChI is InChI=1S/C28H28ClFN6O2/c1-15(20-12-19(6-7-22(20)30)36-10-9-31-27(36)37)35-25-21-11-17(5-8-23(21)34-16(2)24(25)29)18-13-32-26(33-14-18)28(3,4)38/h5-8,11-15,38H,9-10H2,1-4H3,(H,31,37)(H,34,35)/t15-/m1/s1. The number of nitrogens with one attached hydrogen (secondary N) is 2. The maximum atomic E-state index is 15.0. The molecular weight excluding hydrogens is 507 g/mol. The number of hydrogen-bond acceptors (Lipinski definition) is 6. The van der Waals surface area contributed by atoms with E-state index in [9.17, 15) is 14.3 Å². The molecule has 10 heteroatoms. The number of nitrogens with zero attached hydrogens (tertiary/aromatic N) is 4. The van der Waals surface area contributed by atoms with Crippen LogP contribution in [0, 0.1) is 12.7 Å². The van der Waals surface area contributed by atoms with Gasteiger partial charge in [-0.05, 0) is 63.6 Å². The van der Waals surface area contributed by atoms with Gasteiger partial charge in [-0.25, -0.2) is 19.2 Å². The highest BCUT2D eigenvalue weighted by atomic mass is 35.5. The van der Waals surface area contributed by atoms with Crippen molar-refractivity contribution >= 4 is 39.9 Å². The lowest BCUT2D eigenvalue weighted by atomic mass is 10.0. The van der Waals surface area contributed by atoms with Crippen LogP contribution in [0.1, 0.15) is 43.9 Å². The molecule has 0 unspecified atom stereocenters. The van der Waals surface area contributed by atoms with E-state index in [1.54, 1.807) is 43.3 Å². The van der Waals surface area contributed by atoms with Crippen LogP contribution in [0.3, 0.4) is 0 Å². The quantitative estimate of drug-likeness (QED) is 0.292. The molecule has 3 heterocycles. The lowest BCUT2D eigenvalue weighted by Gasteiger charge is -2.22. The minimum atomic E-state index is -1.14. The van der Waals surface area contributed by atoms with E-state index in [0.717, 1.165) is 22.0 Å². The molecule has 0 radical (unpaired) electrons. The van der Waals surface area contributed by atoms with Gasteiger partial charge in [0, 0.05) is 47.7 Å². The molecule has 0 spiro atoms. The summed E-state index contributed by atoms with van der Waals surface area (Å²) in [6.07, 6.45) is 3.33. The molecule has 196 valence electrons. The molecule has 1 fully saturated rings. The summed E-state index contributed by atoms with van der Waals surface area (Å²) in [6, 6.07) is 9.74. The van der Waals surface area contributed by atoms with Crippen LogP contribution in [-0.4, -0.2) is 39.2 Å². The topological polar surface area (TPSA) is 103 Å². The van der Waals surface area contributed by atoms with E-state index in [1.807, 2.05) is 32.0 Å². The van der Waals surface area contributed by atoms with Crippen LogP contribution in [0.25, 0.3) is 22.0 Å². The minimum absolute atomic E-state index is 0.200. The van der Waals surface area contributed by atoms with Gasteiger partial charge in [-0.15, -0.1) is 0 Å². The number of pyridine rings is 1. The highest BCUT2D eigenvalue weighted by molar-refractivity contribution is 6.35. The number of carbonyl (C=O) groups excluding carboxylic acids is 1. The molecule has 5 rings (SSSR count). The number of aromatic nitrogens is 3. The number of anilines is 2. The third kappa shape index (κ3) is 4.87. The Morgan fingerprint density at radius 1 is 1.16 bits per heavy atom. The molecule has 1 aliphatic heterocycles. The van der Waals surface area contributed by atoms with Crippen LogP contribution >= 0.6 is 11.6 Å². The van der Waals surface area contributed by atoms with Crippen molar-refractivity contribution in [1.82, 2.24) is 20.3 Å². The Kier molecular flexibility index (Phi) is 6.66. The van der Waals surface area contributed by atoms with Crippen molar-refractivity contribution in [2.75, 3.05) is 23.3 Å². The lowest BCUT2D eigenvalue weighted by molar-refractivity contribution is 0.0687. The molecule has 2 amide bonds. The first-order valence-electron chi connectivity index (χ1n) is 12.3. The number of fused-ring (bicyclic) bond motifs is 1. The van der Waals surface area contributed by atoms with Crippen molar-refractivity contribution in [3.05, 3.63) is 76.7 Å². The molecule has 0 bridgehead atoms. The Morgan fingerprint density at radius 3 is 2.55 bits per heavy atom. The van der Waals surface area contributed by atoms with Crippen molar-refractivity contribution in [2.45, 2.75) is 39.3 Å². The van der Waals surface area contributed by atoms with E-state index < -0.39 is 11.6 Å². The zero-order valence-electron chi connectivity index (χ0n) is 21.5. The number of benzene rings is 2. The summed E-state index contributed by atoms with van der Waals surface area (Å²) in [6.45, 7) is 8.00. The number of amides is 2. The SMILES string of the molecule is Cc1nc2ccc(-c3cnc(C(C)(C)O)nc3)cc2c(N[C@H](C)c2cc(N3CCNC3=O)ccc2F)c1Cl. The minimum Gasteiger partial charge on any atom is -0.382 e. The van der Waals surface area contributed by atoms with Crippen molar-refractivity contribution in [3.63, 3.8) is 0 Å². The molecule has 1 atom stereocenters. The Labute approximate surface area is 224 Å². The second kappa shape index (κ2) is 9.81. The molecular formula is C28H28ClFN6O2. The van der Waals surface area contributed by atoms with E-state index in [-0.39, 0.29) is 11.8 Å². The number of hydrogen-bond donors (Lipinski definition) is 3. The van der Waals surface area contributed by atoms with Crippen LogP contribution in [0.2, 0.25) is 5.02 Å². The van der Waals surface area contributed by atoms with Crippen LogP contribution in [0.5, 0.6) is 0 Å². The molecule has 1 aliphatic rings. The molecule has 2 aromatic heterocycles. The van der Waals surface area contributed by atoms with E-state index >= 15 is 0 Å². The number of aryl methyl sites for hydroxylation is 1. The molecule has 1 saturated heterocycles. The van der Waals surface area contributed by atoms with Gasteiger partial charge in [0.25, 0.3) is 0 Å². The third-order valence-corrected chi connectivity index (χ3v) is 7.06. The smallest absolute Gasteiger partial charge is 0.321 e. The number of aliphatic hydroxyl groups is 1. The Balaban J connectivity index is 1.53. The zero-order chi connectivity index (χ0) is 27.2. The second-order valence-corrected chi connectivity index (χ2v) is 10.3. The van der Waals surface area contributed by atoms with Gasteiger partial charge in [-0.3, -0.25) is 9.88 Å². The maximum Gasteiger partial charge on any atom is 0.321 e. The van der Waals surface area contributed by atoms with Crippen LogP contribution in [0.4, 0.5) is 20.6 Å². The largest absolute Gasteiger partial charge is 0.382 e. The summed E-state index contributed by atoms with van der Waals surface area (Å²) < 4.78 is 15.0. The normalized spacial score (nSPS) is 14.6. The van der Waals surface area contributed by atoms with Gasteiger partial charge in [0.1, 0.15) is 11.4 Å². The summed E-state index contributed by atoms with van der Waals surface area (Å²) in [5.74, 6) is -0.0569. The van der Waals surface area contributed by atoms with E-state index in [4.69, 9.17) is 11.6 Å². The van der Waals surface area contributed by atoms with Gasteiger partial charge in [0.05, 0.1) is 28.0 Å². The fourth-order valence-corrected chi connectivity index (χ4v) is 4.72. The van der Waals surface area contributed by atoms with E-state index in [2.05, 4.69) is 25.6 Å². The molecule has 8 nitrogen and oxygen atoms in total. The van der Waals surface area contributed by atoms with Gasteiger partial charge in [-0.2, -0.15) is 0 Å². The van der Waals surface area contributed by atoms with Gasteiger partial charge in [-0.1, -0.05) is 17.7 Å². The highest BCUT2D eigenvalue weighted by Gasteiger charge is 2.24. The zero-order valence-corrected chi connectivity index (χ0v) is 22.3. The summed E-state index contributed by atoms with van der Waals surface area (Å²) in [7, 11) is 0. The first kappa shape index (κ1) is 25.8. The number of halogens is 2. The van der Waals surface area contributed by atoms with E-state index in [0.29, 0.717) is 46.6 Å². The average molecular weight is 535 g/mol. The van der Waals surface area contributed by atoms with Crippen LogP contribution in [-0.2, 0) is 5.60 Å². The highest BCUT2D eigenvalue weighted by Crippen LogP contribution is 2.37. The summed E-state index contributed by atoms with van der Waals surface area (Å²) in [5.41, 5.74) is 3.49. The van der Waals surface area contributed by atoms with Crippen LogP contribution < -0.4 is 15.5 Å². The van der Waals surface area contributed by atoms with Gasteiger partial charge < -0.3 is 15.7 Å². The predicted octanol–water partition coefficient (Wildman–Crippen LogP) is 5.72. The van der Waals surface area contributed by atoms with E-state index in [1.165, 1.54) is 6.07 Å². The third-order valence-electron chi connectivity index (χ3n) is 6.60. The fraction of sp³-hybridized carbons (Fsp3) is 0.286. The predicted molar refractivity (Wildman–Crippen MR) is 147 cm³/mol. The number of rotatable bonds is 6.